The predicted molar refractivity (Wildman–Crippen MR) is 123 cm³/mol. The molecule has 0 unspecified atom stereocenters. The van der Waals surface area contributed by atoms with Crippen molar-refractivity contribution >= 4 is 39.1 Å². The van der Waals surface area contributed by atoms with E-state index in [4.69, 9.17) is 4.74 Å². The third-order valence-corrected chi connectivity index (χ3v) is 4.82. The van der Waals surface area contributed by atoms with Gasteiger partial charge < -0.3 is 15.4 Å². The van der Waals surface area contributed by atoms with Crippen molar-refractivity contribution in [2.75, 3.05) is 17.2 Å². The molecule has 0 bridgehead atoms. The van der Waals surface area contributed by atoms with Gasteiger partial charge in [0.05, 0.1) is 11.1 Å². The fourth-order valence-electron chi connectivity index (χ4n) is 2.65. The minimum absolute atomic E-state index is 0.183. The standard InChI is InChI=1S/C24H23BrN2O3/c1-16(2)15-30-22-13-8-18(14-21(22)25)24(29)27-20-11-9-19(10-12-20)26-23(28)17-6-4-3-5-7-17/h3-14,16H,15H2,1-2H3,(H,26,28)(H,27,29). The number of ether oxygens (including phenoxy) is 1. The Kier molecular flexibility index (Phi) is 7.25. The molecule has 3 rings (SSSR count). The van der Waals surface area contributed by atoms with E-state index in [9.17, 15) is 9.59 Å². The van der Waals surface area contributed by atoms with Crippen LogP contribution in [0.2, 0.25) is 0 Å². The highest BCUT2D eigenvalue weighted by atomic mass is 79.9. The first-order valence-electron chi connectivity index (χ1n) is 9.62. The number of hydrogen-bond donors (Lipinski definition) is 2. The molecule has 5 nitrogen and oxygen atoms in total. The SMILES string of the molecule is CC(C)COc1ccc(C(=O)Nc2ccc(NC(=O)c3ccccc3)cc2)cc1Br. The van der Waals surface area contributed by atoms with Crippen LogP contribution in [0.25, 0.3) is 0 Å². The lowest BCUT2D eigenvalue weighted by molar-refractivity contribution is 0.101. The van der Waals surface area contributed by atoms with Gasteiger partial charge in [0.2, 0.25) is 0 Å². The van der Waals surface area contributed by atoms with Crippen LogP contribution in [0.5, 0.6) is 5.75 Å². The fourth-order valence-corrected chi connectivity index (χ4v) is 3.14. The molecule has 3 aromatic carbocycles. The van der Waals surface area contributed by atoms with Crippen LogP contribution < -0.4 is 15.4 Å². The van der Waals surface area contributed by atoms with Crippen molar-refractivity contribution in [2.24, 2.45) is 5.92 Å². The molecule has 0 radical (unpaired) electrons. The molecule has 0 saturated carbocycles. The van der Waals surface area contributed by atoms with Crippen LogP contribution in [0.4, 0.5) is 11.4 Å². The minimum atomic E-state index is -0.229. The third kappa shape index (κ3) is 5.94. The molecule has 0 aliphatic rings. The lowest BCUT2D eigenvalue weighted by Crippen LogP contribution is -2.13. The Bertz CT molecular complexity index is 1020. The second kappa shape index (κ2) is 10.1. The van der Waals surface area contributed by atoms with Gasteiger partial charge in [0.1, 0.15) is 5.75 Å². The molecule has 0 aromatic heterocycles. The highest BCUT2D eigenvalue weighted by Crippen LogP contribution is 2.27. The van der Waals surface area contributed by atoms with E-state index in [1.54, 1.807) is 54.6 Å². The first kappa shape index (κ1) is 21.6. The highest BCUT2D eigenvalue weighted by molar-refractivity contribution is 9.10. The van der Waals surface area contributed by atoms with E-state index in [0.717, 1.165) is 4.47 Å². The van der Waals surface area contributed by atoms with Crippen molar-refractivity contribution in [2.45, 2.75) is 13.8 Å². The maximum Gasteiger partial charge on any atom is 0.255 e. The number of carbonyl (C=O) groups excluding carboxylic acids is 2. The molecule has 6 heteroatoms. The van der Waals surface area contributed by atoms with Crippen molar-refractivity contribution in [1.29, 1.82) is 0 Å². The van der Waals surface area contributed by atoms with Gasteiger partial charge in [0.25, 0.3) is 11.8 Å². The summed E-state index contributed by atoms with van der Waals surface area (Å²) in [6, 6.07) is 21.2. The number of rotatable bonds is 7. The van der Waals surface area contributed by atoms with E-state index in [1.165, 1.54) is 0 Å². The Balaban J connectivity index is 1.60. The second-order valence-electron chi connectivity index (χ2n) is 7.20. The van der Waals surface area contributed by atoms with Crippen LogP contribution in [0.15, 0.2) is 77.3 Å². The lowest BCUT2D eigenvalue weighted by atomic mass is 10.2. The Labute approximate surface area is 184 Å². The number of halogens is 1. The molecule has 0 aliphatic heterocycles. The summed E-state index contributed by atoms with van der Waals surface area (Å²) < 4.78 is 6.45. The van der Waals surface area contributed by atoms with Gasteiger partial charge in [-0.05, 0) is 76.4 Å². The molecular formula is C24H23BrN2O3. The molecular weight excluding hydrogens is 444 g/mol. The van der Waals surface area contributed by atoms with Crippen molar-refractivity contribution in [3.05, 3.63) is 88.4 Å². The molecule has 154 valence electrons. The Morgan fingerprint density at radius 1 is 0.833 bits per heavy atom. The molecule has 0 spiro atoms. The van der Waals surface area contributed by atoms with Crippen LogP contribution in [-0.2, 0) is 0 Å². The third-order valence-electron chi connectivity index (χ3n) is 4.20. The largest absolute Gasteiger partial charge is 0.492 e. The van der Waals surface area contributed by atoms with E-state index >= 15 is 0 Å². The van der Waals surface area contributed by atoms with Crippen molar-refractivity contribution in [1.82, 2.24) is 0 Å². The summed E-state index contributed by atoms with van der Waals surface area (Å²) in [5.41, 5.74) is 2.38. The molecule has 30 heavy (non-hydrogen) atoms. The summed E-state index contributed by atoms with van der Waals surface area (Å²) in [6.45, 7) is 4.76. The van der Waals surface area contributed by atoms with Crippen molar-refractivity contribution in [3.63, 3.8) is 0 Å². The first-order valence-corrected chi connectivity index (χ1v) is 10.4. The second-order valence-corrected chi connectivity index (χ2v) is 8.06. The first-order chi connectivity index (χ1) is 14.4. The molecule has 0 saturated heterocycles. The summed E-state index contributed by atoms with van der Waals surface area (Å²) in [7, 11) is 0. The van der Waals surface area contributed by atoms with E-state index in [2.05, 4.69) is 40.4 Å². The number of benzene rings is 3. The van der Waals surface area contributed by atoms with Crippen LogP contribution >= 0.6 is 15.9 Å². The molecule has 0 aliphatic carbocycles. The summed E-state index contributed by atoms with van der Waals surface area (Å²) >= 11 is 3.46. The average Bonchev–Trinajstić information content (AvgIpc) is 2.74. The fraction of sp³-hybridized carbons (Fsp3) is 0.167. The minimum Gasteiger partial charge on any atom is -0.492 e. The molecule has 0 heterocycles. The Morgan fingerprint density at radius 2 is 1.40 bits per heavy atom. The van der Waals surface area contributed by atoms with Gasteiger partial charge in [-0.2, -0.15) is 0 Å². The topological polar surface area (TPSA) is 67.4 Å². The number of anilines is 2. The Morgan fingerprint density at radius 3 is 1.93 bits per heavy atom. The van der Waals surface area contributed by atoms with Crippen LogP contribution in [0, 0.1) is 5.92 Å². The van der Waals surface area contributed by atoms with Crippen LogP contribution in [0.1, 0.15) is 34.6 Å². The monoisotopic (exact) mass is 466 g/mol. The van der Waals surface area contributed by atoms with Gasteiger partial charge in [0.15, 0.2) is 0 Å². The quantitative estimate of drug-likeness (QED) is 0.449. The van der Waals surface area contributed by atoms with Gasteiger partial charge in [0, 0.05) is 22.5 Å². The maximum absolute atomic E-state index is 12.5. The van der Waals surface area contributed by atoms with E-state index in [1.807, 2.05) is 18.2 Å². The smallest absolute Gasteiger partial charge is 0.255 e. The summed E-state index contributed by atoms with van der Waals surface area (Å²) in [5.74, 6) is 0.711. The molecule has 2 amide bonds. The molecule has 0 fully saturated rings. The van der Waals surface area contributed by atoms with E-state index < -0.39 is 0 Å². The number of amides is 2. The highest BCUT2D eigenvalue weighted by Gasteiger charge is 2.11. The van der Waals surface area contributed by atoms with Gasteiger partial charge in [-0.1, -0.05) is 32.0 Å². The van der Waals surface area contributed by atoms with Gasteiger partial charge >= 0.3 is 0 Å². The van der Waals surface area contributed by atoms with E-state index in [0.29, 0.717) is 40.8 Å². The zero-order chi connectivity index (χ0) is 21.5. The van der Waals surface area contributed by atoms with Crippen molar-refractivity contribution < 1.29 is 14.3 Å². The van der Waals surface area contributed by atoms with Crippen molar-refractivity contribution in [3.8, 4) is 5.75 Å². The lowest BCUT2D eigenvalue weighted by Gasteiger charge is -2.12. The normalized spacial score (nSPS) is 10.5. The number of nitrogens with one attached hydrogen (secondary N) is 2. The Hall–Kier alpha value is -3.12. The summed E-state index contributed by atoms with van der Waals surface area (Å²) in [5, 5.41) is 5.69. The number of hydrogen-bond acceptors (Lipinski definition) is 3. The summed E-state index contributed by atoms with van der Waals surface area (Å²) in [6.07, 6.45) is 0. The predicted octanol–water partition coefficient (Wildman–Crippen LogP) is 5.99. The van der Waals surface area contributed by atoms with E-state index in [-0.39, 0.29) is 11.8 Å². The molecule has 0 atom stereocenters. The van der Waals surface area contributed by atoms with Crippen LogP contribution in [-0.4, -0.2) is 18.4 Å². The number of carbonyl (C=O) groups is 2. The average molecular weight is 467 g/mol. The van der Waals surface area contributed by atoms with Gasteiger partial charge in [-0.15, -0.1) is 0 Å². The van der Waals surface area contributed by atoms with Gasteiger partial charge in [-0.25, -0.2) is 0 Å². The zero-order valence-electron chi connectivity index (χ0n) is 16.8. The maximum atomic E-state index is 12.5. The molecule has 3 aromatic rings. The zero-order valence-corrected chi connectivity index (χ0v) is 18.4. The van der Waals surface area contributed by atoms with Gasteiger partial charge in [-0.3, -0.25) is 9.59 Å². The van der Waals surface area contributed by atoms with Crippen LogP contribution in [0.3, 0.4) is 0 Å². The summed E-state index contributed by atoms with van der Waals surface area (Å²) in [4.78, 5) is 24.8. The molecule has 2 N–H and O–H groups in total.